The van der Waals surface area contributed by atoms with Crippen LogP contribution in [0.4, 0.5) is 5.69 Å². The average molecular weight is 380 g/mol. The lowest BCUT2D eigenvalue weighted by molar-refractivity contribution is 0.583. The van der Waals surface area contributed by atoms with E-state index in [1.54, 1.807) is 0 Å². The maximum absolute atomic E-state index is 4.31. The number of benzene rings is 2. The standard InChI is InChI=1S/C28H29N/c1-8-12-26-21(3)22(4)27(28(26,5)6)19-20(2)29(7)25-17-15-24(16-18-25)23-13-10-9-11-14-23/h8-19H,1-4H2,5-7H3/b26-12+,27-19+. The van der Waals surface area contributed by atoms with Crippen LogP contribution in [0.25, 0.3) is 11.1 Å². The van der Waals surface area contributed by atoms with Crippen molar-refractivity contribution in [2.24, 2.45) is 5.41 Å². The van der Waals surface area contributed by atoms with Crippen molar-refractivity contribution >= 4 is 5.69 Å². The summed E-state index contributed by atoms with van der Waals surface area (Å²) in [5.74, 6) is 0. The molecule has 1 nitrogen and oxygen atoms in total. The van der Waals surface area contributed by atoms with Crippen molar-refractivity contribution in [3.05, 3.63) is 127 Å². The van der Waals surface area contributed by atoms with Gasteiger partial charge in [-0.15, -0.1) is 0 Å². The largest absolute Gasteiger partial charge is 0.345 e. The highest BCUT2D eigenvalue weighted by atomic mass is 15.1. The number of allylic oxidation sites excluding steroid dienone is 7. The molecule has 3 rings (SSSR count). The topological polar surface area (TPSA) is 3.24 Å². The third kappa shape index (κ3) is 3.82. The first kappa shape index (κ1) is 20.4. The highest BCUT2D eigenvalue weighted by molar-refractivity contribution is 5.70. The summed E-state index contributed by atoms with van der Waals surface area (Å²) in [6, 6.07) is 18.9. The summed E-state index contributed by atoms with van der Waals surface area (Å²) >= 11 is 0. The van der Waals surface area contributed by atoms with E-state index in [2.05, 4.69) is 99.7 Å². The molecule has 0 aromatic heterocycles. The first-order valence-corrected chi connectivity index (χ1v) is 9.79. The second-order valence-corrected chi connectivity index (χ2v) is 7.92. The van der Waals surface area contributed by atoms with Crippen LogP contribution in [-0.2, 0) is 0 Å². The molecule has 1 saturated carbocycles. The molecule has 0 saturated heterocycles. The second kappa shape index (κ2) is 7.97. The molecule has 0 amide bonds. The van der Waals surface area contributed by atoms with Gasteiger partial charge in [-0.05, 0) is 51.6 Å². The van der Waals surface area contributed by atoms with Crippen LogP contribution >= 0.6 is 0 Å². The molecule has 0 N–H and O–H groups in total. The van der Waals surface area contributed by atoms with E-state index in [-0.39, 0.29) is 5.41 Å². The van der Waals surface area contributed by atoms with Gasteiger partial charge in [-0.2, -0.15) is 0 Å². The van der Waals surface area contributed by atoms with Crippen LogP contribution in [0, 0.1) is 5.41 Å². The Kier molecular flexibility index (Phi) is 5.61. The Morgan fingerprint density at radius 1 is 0.862 bits per heavy atom. The maximum Gasteiger partial charge on any atom is 0.0408 e. The lowest BCUT2D eigenvalue weighted by atomic mass is 9.82. The van der Waals surface area contributed by atoms with Crippen LogP contribution < -0.4 is 4.90 Å². The van der Waals surface area contributed by atoms with Crippen LogP contribution in [0.15, 0.2) is 127 Å². The Morgan fingerprint density at radius 3 is 2.00 bits per heavy atom. The van der Waals surface area contributed by atoms with E-state index in [0.29, 0.717) is 0 Å². The molecule has 2 aromatic carbocycles. The number of anilines is 1. The van der Waals surface area contributed by atoms with Crippen LogP contribution in [0.3, 0.4) is 0 Å². The van der Waals surface area contributed by atoms with Gasteiger partial charge in [0.05, 0.1) is 0 Å². The molecule has 0 heterocycles. The Bertz CT molecular complexity index is 1030. The molecule has 0 radical (unpaired) electrons. The maximum atomic E-state index is 4.31. The molecule has 146 valence electrons. The molecule has 1 fully saturated rings. The SMILES string of the molecule is C=C/C=C1\C(=C)C(=C)/C(=C\C(=C)N(C)c2ccc(-c3ccccc3)cc2)C1(C)C. The predicted molar refractivity (Wildman–Crippen MR) is 128 cm³/mol. The quantitative estimate of drug-likeness (QED) is 0.520. The molecule has 1 aliphatic carbocycles. The fraction of sp³-hybridized carbons (Fsp3) is 0.143. The summed E-state index contributed by atoms with van der Waals surface area (Å²) in [5, 5.41) is 0. The molecule has 0 bridgehead atoms. The van der Waals surface area contributed by atoms with Crippen LogP contribution in [0.2, 0.25) is 0 Å². The molecule has 29 heavy (non-hydrogen) atoms. The van der Waals surface area contributed by atoms with Crippen molar-refractivity contribution in [1.29, 1.82) is 0 Å². The van der Waals surface area contributed by atoms with E-state index in [9.17, 15) is 0 Å². The minimum absolute atomic E-state index is 0.177. The molecule has 2 aromatic rings. The zero-order chi connectivity index (χ0) is 21.2. The van der Waals surface area contributed by atoms with E-state index < -0.39 is 0 Å². The summed E-state index contributed by atoms with van der Waals surface area (Å²) in [4.78, 5) is 2.10. The van der Waals surface area contributed by atoms with Crippen molar-refractivity contribution in [1.82, 2.24) is 0 Å². The molecular formula is C28H29N. The zero-order valence-electron chi connectivity index (χ0n) is 17.7. The van der Waals surface area contributed by atoms with Gasteiger partial charge in [-0.3, -0.25) is 0 Å². The molecule has 0 unspecified atom stereocenters. The average Bonchev–Trinajstić information content (AvgIpc) is 2.89. The first-order chi connectivity index (χ1) is 13.8. The normalized spacial score (nSPS) is 18.3. The molecular weight excluding hydrogens is 350 g/mol. The molecule has 1 aliphatic rings. The van der Waals surface area contributed by atoms with Crippen molar-refractivity contribution in [2.45, 2.75) is 13.8 Å². The van der Waals surface area contributed by atoms with Gasteiger partial charge >= 0.3 is 0 Å². The van der Waals surface area contributed by atoms with Crippen LogP contribution in [0.1, 0.15) is 13.8 Å². The second-order valence-electron chi connectivity index (χ2n) is 7.92. The molecule has 0 atom stereocenters. The van der Waals surface area contributed by atoms with Gasteiger partial charge in [-0.1, -0.05) is 94.8 Å². The highest BCUT2D eigenvalue weighted by Crippen LogP contribution is 2.52. The summed E-state index contributed by atoms with van der Waals surface area (Å²) < 4.78 is 0. The van der Waals surface area contributed by atoms with Gasteiger partial charge in [0.2, 0.25) is 0 Å². The zero-order valence-corrected chi connectivity index (χ0v) is 17.7. The third-order valence-corrected chi connectivity index (χ3v) is 5.75. The minimum atomic E-state index is -0.177. The Morgan fingerprint density at radius 2 is 1.41 bits per heavy atom. The van der Waals surface area contributed by atoms with Crippen molar-refractivity contribution < 1.29 is 0 Å². The van der Waals surface area contributed by atoms with Crippen molar-refractivity contribution in [3.8, 4) is 11.1 Å². The van der Waals surface area contributed by atoms with Crippen molar-refractivity contribution in [2.75, 3.05) is 11.9 Å². The minimum Gasteiger partial charge on any atom is -0.345 e. The summed E-state index contributed by atoms with van der Waals surface area (Å²) in [6.07, 6.45) is 5.97. The third-order valence-electron chi connectivity index (χ3n) is 5.75. The predicted octanol–water partition coefficient (Wildman–Crippen LogP) is 7.49. The van der Waals surface area contributed by atoms with E-state index in [0.717, 1.165) is 33.7 Å². The van der Waals surface area contributed by atoms with Gasteiger partial charge in [0, 0.05) is 23.8 Å². The molecule has 1 heteroatoms. The van der Waals surface area contributed by atoms with E-state index in [1.165, 1.54) is 11.1 Å². The number of likely N-dealkylation sites (N-methyl/N-ethyl adjacent to an activating group) is 1. The first-order valence-electron chi connectivity index (χ1n) is 9.79. The highest BCUT2D eigenvalue weighted by Gasteiger charge is 2.38. The Balaban J connectivity index is 1.87. The molecule has 0 spiro atoms. The lowest BCUT2D eigenvalue weighted by Gasteiger charge is -2.25. The fourth-order valence-corrected chi connectivity index (χ4v) is 3.86. The monoisotopic (exact) mass is 379 g/mol. The van der Waals surface area contributed by atoms with Gasteiger partial charge in [-0.25, -0.2) is 0 Å². The summed E-state index contributed by atoms with van der Waals surface area (Å²) in [6.45, 7) is 21.0. The number of rotatable bonds is 5. The Labute approximate surface area is 175 Å². The molecule has 0 aliphatic heterocycles. The van der Waals surface area contributed by atoms with Gasteiger partial charge in [0.15, 0.2) is 0 Å². The number of nitrogens with zero attached hydrogens (tertiary/aromatic N) is 1. The smallest absolute Gasteiger partial charge is 0.0408 e. The van der Waals surface area contributed by atoms with Crippen LogP contribution in [0.5, 0.6) is 0 Å². The van der Waals surface area contributed by atoms with E-state index in [1.807, 2.05) is 25.3 Å². The van der Waals surface area contributed by atoms with Gasteiger partial charge in [0.1, 0.15) is 0 Å². The fourth-order valence-electron chi connectivity index (χ4n) is 3.86. The number of hydrogen-bond donors (Lipinski definition) is 0. The summed E-state index contributed by atoms with van der Waals surface area (Å²) in [5.41, 5.74) is 8.49. The lowest BCUT2D eigenvalue weighted by Crippen LogP contribution is -2.17. The van der Waals surface area contributed by atoms with E-state index >= 15 is 0 Å². The van der Waals surface area contributed by atoms with Crippen molar-refractivity contribution in [3.63, 3.8) is 0 Å². The summed E-state index contributed by atoms with van der Waals surface area (Å²) in [7, 11) is 2.04. The van der Waals surface area contributed by atoms with Crippen LogP contribution in [-0.4, -0.2) is 7.05 Å². The Hall–Kier alpha value is -3.32. The van der Waals surface area contributed by atoms with E-state index in [4.69, 9.17) is 0 Å². The number of hydrogen-bond acceptors (Lipinski definition) is 1. The van der Waals surface area contributed by atoms with Gasteiger partial charge in [0.25, 0.3) is 0 Å². The van der Waals surface area contributed by atoms with Gasteiger partial charge < -0.3 is 4.90 Å².